The summed E-state index contributed by atoms with van der Waals surface area (Å²) in [6.45, 7) is 3.08. The second kappa shape index (κ2) is 5.49. The van der Waals surface area contributed by atoms with Crippen molar-refractivity contribution in [2.75, 3.05) is 0 Å². The highest BCUT2D eigenvalue weighted by Crippen LogP contribution is 2.18. The van der Waals surface area contributed by atoms with Crippen molar-refractivity contribution < 1.29 is 4.79 Å². The summed E-state index contributed by atoms with van der Waals surface area (Å²) in [6.07, 6.45) is 7.09. The Bertz CT molecular complexity index is 864. The maximum absolute atomic E-state index is 12.4. The predicted octanol–water partition coefficient (Wildman–Crippen LogP) is 1.11. The summed E-state index contributed by atoms with van der Waals surface area (Å²) in [5.74, 6) is 0.966. The number of aryl methyl sites for hydroxylation is 2. The molecular weight excluding hydrogens is 292 g/mol. The van der Waals surface area contributed by atoms with Crippen LogP contribution in [0.3, 0.4) is 0 Å². The van der Waals surface area contributed by atoms with Gasteiger partial charge in [0, 0.05) is 18.8 Å². The topological polar surface area (TPSA) is 77.1 Å². The summed E-state index contributed by atoms with van der Waals surface area (Å²) >= 11 is 0. The van der Waals surface area contributed by atoms with Gasteiger partial charge in [-0.2, -0.15) is 5.10 Å². The zero-order chi connectivity index (χ0) is 15.8. The number of fused-ring (bicyclic) bond motifs is 2. The van der Waals surface area contributed by atoms with E-state index in [0.29, 0.717) is 13.1 Å². The summed E-state index contributed by atoms with van der Waals surface area (Å²) < 4.78 is 3.81. The van der Waals surface area contributed by atoms with Crippen LogP contribution in [0.5, 0.6) is 0 Å². The molecule has 1 aliphatic heterocycles. The number of carbonyl (C=O) groups excluding carboxylic acids is 1. The Morgan fingerprint density at radius 3 is 3.26 bits per heavy atom. The molecule has 0 saturated carbocycles. The lowest BCUT2D eigenvalue weighted by atomic mass is 9.99. The van der Waals surface area contributed by atoms with Gasteiger partial charge in [0.1, 0.15) is 17.8 Å². The van der Waals surface area contributed by atoms with E-state index in [1.165, 1.54) is 0 Å². The number of hydrogen-bond acceptors (Lipinski definition) is 4. The molecule has 1 amide bonds. The van der Waals surface area contributed by atoms with Crippen molar-refractivity contribution in [3.63, 3.8) is 0 Å². The highest BCUT2D eigenvalue weighted by Gasteiger charge is 2.25. The van der Waals surface area contributed by atoms with E-state index < -0.39 is 0 Å². The van der Waals surface area contributed by atoms with Crippen LogP contribution in [0, 0.1) is 12.8 Å². The predicted molar refractivity (Wildman–Crippen MR) is 83.6 cm³/mol. The second-order valence-corrected chi connectivity index (χ2v) is 5.97. The number of imidazole rings is 1. The SMILES string of the molecule is Cc1cccn2cc(CNC(=O)C3CCc4ncnn4C3)nc12. The molecule has 1 aliphatic rings. The summed E-state index contributed by atoms with van der Waals surface area (Å²) in [7, 11) is 0. The third-order valence-corrected chi connectivity index (χ3v) is 4.35. The molecule has 0 bridgehead atoms. The van der Waals surface area contributed by atoms with Crippen molar-refractivity contribution in [3.8, 4) is 0 Å². The quantitative estimate of drug-likeness (QED) is 0.786. The average Bonchev–Trinajstić information content (AvgIpc) is 3.18. The highest BCUT2D eigenvalue weighted by atomic mass is 16.1. The zero-order valence-electron chi connectivity index (χ0n) is 12.9. The first-order valence-electron chi connectivity index (χ1n) is 7.78. The molecule has 3 aromatic heterocycles. The third-order valence-electron chi connectivity index (χ3n) is 4.35. The van der Waals surface area contributed by atoms with Gasteiger partial charge in [0.05, 0.1) is 24.7 Å². The Kier molecular flexibility index (Phi) is 3.33. The number of hydrogen-bond donors (Lipinski definition) is 1. The van der Waals surface area contributed by atoms with Gasteiger partial charge >= 0.3 is 0 Å². The summed E-state index contributed by atoms with van der Waals surface area (Å²) in [5.41, 5.74) is 2.92. The van der Waals surface area contributed by atoms with E-state index in [1.54, 1.807) is 6.33 Å². The first-order valence-corrected chi connectivity index (χ1v) is 7.78. The molecule has 7 nitrogen and oxygen atoms in total. The maximum atomic E-state index is 12.4. The Labute approximate surface area is 133 Å². The fraction of sp³-hybridized carbons (Fsp3) is 0.375. The molecule has 1 atom stereocenters. The fourth-order valence-corrected chi connectivity index (χ4v) is 3.06. The monoisotopic (exact) mass is 310 g/mol. The lowest BCUT2D eigenvalue weighted by molar-refractivity contribution is -0.126. The molecule has 1 unspecified atom stereocenters. The molecule has 1 N–H and O–H groups in total. The Morgan fingerprint density at radius 1 is 1.48 bits per heavy atom. The molecular formula is C16H18N6O. The van der Waals surface area contributed by atoms with Crippen molar-refractivity contribution in [2.24, 2.45) is 5.92 Å². The van der Waals surface area contributed by atoms with Gasteiger partial charge in [-0.05, 0) is 25.0 Å². The van der Waals surface area contributed by atoms with Gasteiger partial charge in [-0.25, -0.2) is 14.6 Å². The van der Waals surface area contributed by atoms with Crippen LogP contribution in [0.25, 0.3) is 5.65 Å². The Hall–Kier alpha value is -2.70. The molecule has 4 heterocycles. The third kappa shape index (κ3) is 2.58. The van der Waals surface area contributed by atoms with Gasteiger partial charge in [-0.1, -0.05) is 6.07 Å². The molecule has 3 aromatic rings. The number of amides is 1. The summed E-state index contributed by atoms with van der Waals surface area (Å²) in [6, 6.07) is 4.02. The van der Waals surface area contributed by atoms with Crippen LogP contribution in [0.15, 0.2) is 30.9 Å². The van der Waals surface area contributed by atoms with Crippen LogP contribution in [0.4, 0.5) is 0 Å². The van der Waals surface area contributed by atoms with Crippen LogP contribution >= 0.6 is 0 Å². The van der Waals surface area contributed by atoms with E-state index >= 15 is 0 Å². The van der Waals surface area contributed by atoms with Crippen molar-refractivity contribution in [1.29, 1.82) is 0 Å². The van der Waals surface area contributed by atoms with Crippen LogP contribution < -0.4 is 5.32 Å². The first kappa shape index (κ1) is 13.9. The number of aromatic nitrogens is 5. The summed E-state index contributed by atoms with van der Waals surface area (Å²) in [4.78, 5) is 21.1. The molecule has 7 heteroatoms. The molecule has 0 saturated heterocycles. The smallest absolute Gasteiger partial charge is 0.225 e. The molecule has 0 aromatic carbocycles. The van der Waals surface area contributed by atoms with E-state index in [4.69, 9.17) is 0 Å². The lowest BCUT2D eigenvalue weighted by Gasteiger charge is -2.21. The Morgan fingerprint density at radius 2 is 2.39 bits per heavy atom. The van der Waals surface area contributed by atoms with E-state index in [-0.39, 0.29) is 11.8 Å². The van der Waals surface area contributed by atoms with Crippen LogP contribution in [0.2, 0.25) is 0 Å². The van der Waals surface area contributed by atoms with Crippen molar-refractivity contribution in [1.82, 2.24) is 29.5 Å². The van der Waals surface area contributed by atoms with Gasteiger partial charge in [0.25, 0.3) is 0 Å². The van der Waals surface area contributed by atoms with E-state index in [2.05, 4.69) is 20.4 Å². The Balaban J connectivity index is 1.42. The highest BCUT2D eigenvalue weighted by molar-refractivity contribution is 5.78. The summed E-state index contributed by atoms with van der Waals surface area (Å²) in [5, 5.41) is 7.15. The fourth-order valence-electron chi connectivity index (χ4n) is 3.06. The normalized spacial score (nSPS) is 17.2. The lowest BCUT2D eigenvalue weighted by Crippen LogP contribution is -2.36. The van der Waals surface area contributed by atoms with Crippen LogP contribution in [-0.2, 0) is 24.3 Å². The molecule has 0 aliphatic carbocycles. The average molecular weight is 310 g/mol. The van der Waals surface area contributed by atoms with Crippen LogP contribution in [-0.4, -0.2) is 30.1 Å². The number of carbonyl (C=O) groups is 1. The van der Waals surface area contributed by atoms with Gasteiger partial charge in [-0.3, -0.25) is 4.79 Å². The van der Waals surface area contributed by atoms with Crippen molar-refractivity contribution >= 4 is 11.6 Å². The number of rotatable bonds is 3. The molecule has 4 rings (SSSR count). The molecule has 0 radical (unpaired) electrons. The standard InChI is InChI=1S/C16H18N6O/c1-11-3-2-6-21-9-13(20-15(11)21)7-17-16(23)12-4-5-14-18-10-19-22(14)8-12/h2-3,6,9-10,12H,4-5,7-8H2,1H3,(H,17,23). The van der Waals surface area contributed by atoms with Gasteiger partial charge in [-0.15, -0.1) is 0 Å². The second-order valence-electron chi connectivity index (χ2n) is 5.97. The van der Waals surface area contributed by atoms with E-state index in [1.807, 2.05) is 40.5 Å². The van der Waals surface area contributed by atoms with Gasteiger partial charge < -0.3 is 9.72 Å². The van der Waals surface area contributed by atoms with Crippen molar-refractivity contribution in [2.45, 2.75) is 32.9 Å². The zero-order valence-corrected chi connectivity index (χ0v) is 12.9. The molecule has 118 valence electrons. The van der Waals surface area contributed by atoms with Crippen LogP contribution in [0.1, 0.15) is 23.5 Å². The minimum Gasteiger partial charge on any atom is -0.350 e. The number of nitrogens with zero attached hydrogens (tertiary/aromatic N) is 5. The molecule has 23 heavy (non-hydrogen) atoms. The van der Waals surface area contributed by atoms with Gasteiger partial charge in [0.2, 0.25) is 5.91 Å². The first-order chi connectivity index (χ1) is 11.2. The molecule has 0 spiro atoms. The van der Waals surface area contributed by atoms with E-state index in [9.17, 15) is 4.79 Å². The van der Waals surface area contributed by atoms with Gasteiger partial charge in [0.15, 0.2) is 0 Å². The largest absolute Gasteiger partial charge is 0.350 e. The molecule has 0 fully saturated rings. The van der Waals surface area contributed by atoms with Crippen molar-refractivity contribution in [3.05, 3.63) is 47.9 Å². The maximum Gasteiger partial charge on any atom is 0.225 e. The number of pyridine rings is 1. The number of nitrogens with one attached hydrogen (secondary N) is 1. The minimum atomic E-state index is -0.0528. The van der Waals surface area contributed by atoms with E-state index in [0.717, 1.165) is 35.6 Å². The minimum absolute atomic E-state index is 0.0528.